The zero-order chi connectivity index (χ0) is 14.9. The van der Waals surface area contributed by atoms with Crippen molar-refractivity contribution in [3.8, 4) is 0 Å². The van der Waals surface area contributed by atoms with Crippen molar-refractivity contribution in [2.24, 2.45) is 0 Å². The summed E-state index contributed by atoms with van der Waals surface area (Å²) < 4.78 is 0.633. The Bertz CT molecular complexity index is 518. The summed E-state index contributed by atoms with van der Waals surface area (Å²) in [5.74, 6) is -0.776. The lowest BCUT2D eigenvalue weighted by Crippen LogP contribution is -2.53. The average Bonchev–Trinajstić information content (AvgIpc) is 2.89. The standard InChI is InChI=1S/C11H12N2O4S3/c1-12-8(14)7(9(15)13(2)11(12)18)10-19-5-6(20-10)3-4-17-16/h5,16H,3-4H2,1-2H3. The molecule has 0 aromatic carbocycles. The highest BCUT2D eigenvalue weighted by molar-refractivity contribution is 8.28. The third kappa shape index (κ3) is 2.77. The van der Waals surface area contributed by atoms with Gasteiger partial charge in [-0.1, -0.05) is 23.5 Å². The van der Waals surface area contributed by atoms with Gasteiger partial charge in [-0.3, -0.25) is 24.6 Å². The van der Waals surface area contributed by atoms with E-state index in [2.05, 4.69) is 4.89 Å². The number of nitrogens with zero attached hydrogens (tertiary/aromatic N) is 2. The predicted molar refractivity (Wildman–Crippen MR) is 81.6 cm³/mol. The van der Waals surface area contributed by atoms with Crippen molar-refractivity contribution >= 4 is 52.7 Å². The number of hydrogen-bond acceptors (Lipinski definition) is 7. The van der Waals surface area contributed by atoms with Crippen molar-refractivity contribution < 1.29 is 19.7 Å². The van der Waals surface area contributed by atoms with Crippen molar-refractivity contribution in [3.63, 3.8) is 0 Å². The van der Waals surface area contributed by atoms with Gasteiger partial charge in [-0.2, -0.15) is 0 Å². The largest absolute Gasteiger partial charge is 0.288 e. The fraction of sp³-hybridized carbons (Fsp3) is 0.364. The first kappa shape index (κ1) is 15.5. The first-order valence-corrected chi connectivity index (χ1v) is 7.72. The van der Waals surface area contributed by atoms with E-state index in [9.17, 15) is 9.59 Å². The van der Waals surface area contributed by atoms with Gasteiger partial charge in [0.15, 0.2) is 5.11 Å². The van der Waals surface area contributed by atoms with Gasteiger partial charge in [0.05, 0.1) is 10.8 Å². The Morgan fingerprint density at radius 2 is 1.90 bits per heavy atom. The number of amides is 2. The van der Waals surface area contributed by atoms with Gasteiger partial charge < -0.3 is 0 Å². The van der Waals surface area contributed by atoms with E-state index in [0.29, 0.717) is 10.7 Å². The molecule has 2 amide bonds. The molecule has 20 heavy (non-hydrogen) atoms. The molecule has 0 bridgehead atoms. The van der Waals surface area contributed by atoms with Crippen LogP contribution in [0.4, 0.5) is 0 Å². The maximum Gasteiger partial charge on any atom is 0.267 e. The van der Waals surface area contributed by atoms with Crippen LogP contribution < -0.4 is 0 Å². The minimum atomic E-state index is -0.388. The molecule has 2 heterocycles. The first-order chi connectivity index (χ1) is 9.47. The second-order valence-electron chi connectivity index (χ2n) is 4.06. The molecule has 0 aliphatic carbocycles. The summed E-state index contributed by atoms with van der Waals surface area (Å²) in [5.41, 5.74) is 0.134. The molecular weight excluding hydrogens is 320 g/mol. The van der Waals surface area contributed by atoms with Crippen LogP contribution in [0.15, 0.2) is 20.1 Å². The fourth-order valence-corrected chi connectivity index (χ4v) is 4.16. The van der Waals surface area contributed by atoms with E-state index in [-0.39, 0.29) is 29.1 Å². The number of thioether (sulfide) groups is 2. The van der Waals surface area contributed by atoms with Gasteiger partial charge in [0.25, 0.3) is 11.8 Å². The lowest BCUT2D eigenvalue weighted by atomic mass is 10.2. The predicted octanol–water partition coefficient (Wildman–Crippen LogP) is 1.61. The third-order valence-electron chi connectivity index (χ3n) is 2.78. The van der Waals surface area contributed by atoms with Crippen LogP contribution in [0.3, 0.4) is 0 Å². The van der Waals surface area contributed by atoms with Crippen LogP contribution >= 0.6 is 35.7 Å². The van der Waals surface area contributed by atoms with Crippen LogP contribution in [-0.2, 0) is 14.5 Å². The van der Waals surface area contributed by atoms with Crippen molar-refractivity contribution in [2.75, 3.05) is 20.7 Å². The topological polar surface area (TPSA) is 70.1 Å². The van der Waals surface area contributed by atoms with Gasteiger partial charge in [0.2, 0.25) is 0 Å². The Balaban J connectivity index is 2.24. The molecule has 0 aromatic heterocycles. The lowest BCUT2D eigenvalue weighted by molar-refractivity contribution is -0.240. The molecule has 0 saturated carbocycles. The number of hydrogen-bond donors (Lipinski definition) is 1. The van der Waals surface area contributed by atoms with Crippen molar-refractivity contribution in [2.45, 2.75) is 6.42 Å². The first-order valence-electron chi connectivity index (χ1n) is 5.61. The highest BCUT2D eigenvalue weighted by Crippen LogP contribution is 2.47. The number of likely N-dealkylation sites (N-methyl/N-ethyl adjacent to an activating group) is 2. The monoisotopic (exact) mass is 332 g/mol. The molecule has 0 atom stereocenters. The van der Waals surface area contributed by atoms with Crippen LogP contribution in [0.5, 0.6) is 0 Å². The molecule has 1 N–H and O–H groups in total. The van der Waals surface area contributed by atoms with Crippen LogP contribution in [0, 0.1) is 0 Å². The van der Waals surface area contributed by atoms with E-state index < -0.39 is 0 Å². The van der Waals surface area contributed by atoms with Crippen molar-refractivity contribution in [3.05, 3.63) is 20.1 Å². The highest BCUT2D eigenvalue weighted by Gasteiger charge is 2.38. The Hall–Kier alpha value is -0.870. The normalized spacial score (nSPS) is 20.1. The van der Waals surface area contributed by atoms with Crippen LogP contribution in [-0.4, -0.2) is 52.7 Å². The summed E-state index contributed by atoms with van der Waals surface area (Å²) in [6.07, 6.45) is 0.525. The summed E-state index contributed by atoms with van der Waals surface area (Å²) >= 11 is 7.70. The van der Waals surface area contributed by atoms with E-state index in [1.54, 1.807) is 14.1 Å². The minimum Gasteiger partial charge on any atom is -0.288 e. The molecule has 2 rings (SSSR count). The molecule has 6 nitrogen and oxygen atoms in total. The summed E-state index contributed by atoms with van der Waals surface area (Å²) in [4.78, 5) is 32.0. The quantitative estimate of drug-likeness (QED) is 0.277. The second kappa shape index (κ2) is 6.27. The molecule has 0 radical (unpaired) electrons. The third-order valence-corrected chi connectivity index (χ3v) is 5.81. The number of rotatable bonds is 3. The van der Waals surface area contributed by atoms with E-state index in [1.165, 1.54) is 33.3 Å². The molecule has 1 fully saturated rings. The summed E-state index contributed by atoms with van der Waals surface area (Å²) in [7, 11) is 3.10. The lowest BCUT2D eigenvalue weighted by Gasteiger charge is -2.32. The van der Waals surface area contributed by atoms with Crippen LogP contribution in [0.25, 0.3) is 0 Å². The molecule has 0 spiro atoms. The van der Waals surface area contributed by atoms with Crippen molar-refractivity contribution in [1.82, 2.24) is 9.80 Å². The molecule has 9 heteroatoms. The molecular formula is C11H12N2O4S3. The molecule has 2 aliphatic rings. The van der Waals surface area contributed by atoms with E-state index >= 15 is 0 Å². The van der Waals surface area contributed by atoms with Crippen LogP contribution in [0.1, 0.15) is 6.42 Å². The second-order valence-corrected chi connectivity index (χ2v) is 6.70. The van der Waals surface area contributed by atoms with Gasteiger partial charge in [-0.25, -0.2) is 4.89 Å². The van der Waals surface area contributed by atoms with E-state index in [1.807, 2.05) is 5.41 Å². The maximum atomic E-state index is 12.2. The number of carbonyl (C=O) groups excluding carboxylic acids is 2. The Morgan fingerprint density at radius 1 is 1.30 bits per heavy atom. The summed E-state index contributed by atoms with van der Waals surface area (Å²) in [5, 5.41) is 10.4. The fourth-order valence-electron chi connectivity index (χ4n) is 1.65. The minimum absolute atomic E-state index is 0.134. The Morgan fingerprint density at radius 3 is 2.45 bits per heavy atom. The zero-order valence-electron chi connectivity index (χ0n) is 10.8. The maximum absolute atomic E-state index is 12.2. The molecule has 108 valence electrons. The number of thiocarbonyl (C=S) groups is 1. The number of carbonyl (C=O) groups is 2. The summed E-state index contributed by atoms with van der Waals surface area (Å²) in [6, 6.07) is 0. The van der Waals surface area contributed by atoms with Gasteiger partial charge in [0, 0.05) is 20.5 Å². The highest BCUT2D eigenvalue weighted by atomic mass is 32.2. The van der Waals surface area contributed by atoms with Crippen molar-refractivity contribution in [1.29, 1.82) is 0 Å². The molecule has 2 aliphatic heterocycles. The zero-order valence-corrected chi connectivity index (χ0v) is 13.2. The molecule has 0 unspecified atom stereocenters. The van der Waals surface area contributed by atoms with Gasteiger partial charge in [-0.05, 0) is 22.5 Å². The van der Waals surface area contributed by atoms with Gasteiger partial charge in [-0.15, -0.1) is 0 Å². The average molecular weight is 332 g/mol. The molecule has 0 aromatic rings. The Labute approximate surface area is 129 Å². The SMILES string of the molecule is CN1C(=O)C(=C2SC=C(CCOO)S2)C(=O)N(C)C1=S. The smallest absolute Gasteiger partial charge is 0.267 e. The molecule has 1 saturated heterocycles. The van der Waals surface area contributed by atoms with Crippen LogP contribution in [0.2, 0.25) is 0 Å². The Kier molecular flexibility index (Phi) is 4.86. The van der Waals surface area contributed by atoms with Gasteiger partial charge >= 0.3 is 0 Å². The van der Waals surface area contributed by atoms with E-state index in [4.69, 9.17) is 17.5 Å². The van der Waals surface area contributed by atoms with E-state index in [0.717, 1.165) is 4.91 Å². The van der Waals surface area contributed by atoms with Gasteiger partial charge in [0.1, 0.15) is 5.57 Å². The summed E-state index contributed by atoms with van der Waals surface area (Å²) in [6.45, 7) is 0.174.